The summed E-state index contributed by atoms with van der Waals surface area (Å²) in [6.45, 7) is 0.269. The molecule has 0 amide bonds. The Kier molecular flexibility index (Phi) is 3.39. The summed E-state index contributed by atoms with van der Waals surface area (Å²) < 4.78 is 17.8. The second kappa shape index (κ2) is 6.26. The summed E-state index contributed by atoms with van der Waals surface area (Å²) in [5.41, 5.74) is 3.56. The largest absolute Gasteiger partial charge is 0.457 e. The van der Waals surface area contributed by atoms with Crippen LogP contribution in [-0.4, -0.2) is 6.79 Å². The topological polar surface area (TPSA) is 27.7 Å². The van der Waals surface area contributed by atoms with Crippen LogP contribution < -0.4 is 14.2 Å². The van der Waals surface area contributed by atoms with Gasteiger partial charge in [-0.3, -0.25) is 0 Å². The number of hydrogen-bond donors (Lipinski definition) is 0. The first-order chi connectivity index (χ1) is 15.4. The zero-order chi connectivity index (χ0) is 20.4. The van der Waals surface area contributed by atoms with Crippen molar-refractivity contribution in [3.8, 4) is 23.0 Å². The van der Waals surface area contributed by atoms with Crippen LogP contribution in [0.2, 0.25) is 0 Å². The lowest BCUT2D eigenvalue weighted by Gasteiger charge is -2.31. The van der Waals surface area contributed by atoms with Crippen molar-refractivity contribution >= 4 is 21.5 Å². The van der Waals surface area contributed by atoms with E-state index in [1.165, 1.54) is 38.2 Å². The van der Waals surface area contributed by atoms with Crippen molar-refractivity contribution in [2.45, 2.75) is 5.92 Å². The van der Waals surface area contributed by atoms with Crippen LogP contribution in [0.25, 0.3) is 21.5 Å². The molecule has 0 aliphatic carbocycles. The monoisotopic (exact) mass is 402 g/mol. The van der Waals surface area contributed by atoms with Gasteiger partial charge in [0, 0.05) is 17.0 Å². The molecular formula is C28H18O3. The van der Waals surface area contributed by atoms with Gasteiger partial charge in [-0.2, -0.15) is 0 Å². The Hall–Kier alpha value is -3.98. The van der Waals surface area contributed by atoms with E-state index in [4.69, 9.17) is 14.2 Å². The molecule has 0 fully saturated rings. The summed E-state index contributed by atoms with van der Waals surface area (Å²) in [6.07, 6.45) is 0. The highest BCUT2D eigenvalue weighted by atomic mass is 16.7. The molecular weight excluding hydrogens is 384 g/mol. The lowest BCUT2D eigenvalue weighted by molar-refractivity contribution is 0.174. The minimum absolute atomic E-state index is 0.0189. The second-order valence-corrected chi connectivity index (χ2v) is 8.04. The van der Waals surface area contributed by atoms with Gasteiger partial charge in [0.15, 0.2) is 11.5 Å². The number of hydrogen-bond acceptors (Lipinski definition) is 3. The van der Waals surface area contributed by atoms with Crippen molar-refractivity contribution in [3.05, 3.63) is 108 Å². The molecule has 0 saturated carbocycles. The van der Waals surface area contributed by atoms with Gasteiger partial charge >= 0.3 is 0 Å². The molecule has 0 bridgehead atoms. The fourth-order valence-electron chi connectivity index (χ4n) is 5.01. The third-order valence-corrected chi connectivity index (χ3v) is 6.39. The van der Waals surface area contributed by atoms with Gasteiger partial charge in [0.05, 0.1) is 0 Å². The van der Waals surface area contributed by atoms with Gasteiger partial charge in [-0.05, 0) is 51.4 Å². The molecule has 2 aliphatic rings. The minimum Gasteiger partial charge on any atom is -0.457 e. The molecule has 0 aromatic heterocycles. The summed E-state index contributed by atoms with van der Waals surface area (Å²) in [5.74, 6) is 3.43. The Labute approximate surface area is 179 Å². The summed E-state index contributed by atoms with van der Waals surface area (Å²) in [4.78, 5) is 0. The minimum atomic E-state index is 0.0189. The molecule has 0 radical (unpaired) electrons. The van der Waals surface area contributed by atoms with Crippen molar-refractivity contribution < 1.29 is 14.2 Å². The van der Waals surface area contributed by atoms with E-state index in [1.807, 2.05) is 6.07 Å². The van der Waals surface area contributed by atoms with Crippen molar-refractivity contribution in [1.29, 1.82) is 0 Å². The first-order valence-corrected chi connectivity index (χ1v) is 10.5. The Morgan fingerprint density at radius 3 is 1.81 bits per heavy atom. The maximum atomic E-state index is 6.48. The predicted octanol–water partition coefficient (Wildman–Crippen LogP) is 7.01. The van der Waals surface area contributed by atoms with Gasteiger partial charge in [-0.15, -0.1) is 0 Å². The molecule has 2 aliphatic heterocycles. The number of benzene rings is 5. The van der Waals surface area contributed by atoms with Crippen LogP contribution >= 0.6 is 0 Å². The molecule has 7 rings (SSSR count). The molecule has 2 heterocycles. The molecule has 5 aromatic rings. The zero-order valence-corrected chi connectivity index (χ0v) is 16.7. The molecule has 0 atom stereocenters. The Morgan fingerprint density at radius 1 is 0.548 bits per heavy atom. The quantitative estimate of drug-likeness (QED) is 0.296. The van der Waals surface area contributed by atoms with E-state index in [1.54, 1.807) is 0 Å². The number of ether oxygens (including phenoxy) is 3. The smallest absolute Gasteiger partial charge is 0.231 e. The van der Waals surface area contributed by atoms with Crippen LogP contribution in [-0.2, 0) is 0 Å². The van der Waals surface area contributed by atoms with E-state index in [9.17, 15) is 0 Å². The van der Waals surface area contributed by atoms with Gasteiger partial charge in [-0.25, -0.2) is 0 Å². The van der Waals surface area contributed by atoms with Gasteiger partial charge in [-0.1, -0.05) is 66.7 Å². The molecule has 3 nitrogen and oxygen atoms in total. The zero-order valence-electron chi connectivity index (χ0n) is 16.7. The summed E-state index contributed by atoms with van der Waals surface area (Å²) in [5, 5.41) is 4.83. The van der Waals surface area contributed by atoms with Crippen molar-refractivity contribution in [2.75, 3.05) is 6.79 Å². The third-order valence-electron chi connectivity index (χ3n) is 6.39. The van der Waals surface area contributed by atoms with E-state index in [0.29, 0.717) is 0 Å². The van der Waals surface area contributed by atoms with E-state index in [-0.39, 0.29) is 12.7 Å². The molecule has 148 valence electrons. The first kappa shape index (κ1) is 16.8. The van der Waals surface area contributed by atoms with Gasteiger partial charge in [0.1, 0.15) is 11.5 Å². The number of rotatable bonds is 1. The number of fused-ring (bicyclic) bond motifs is 7. The molecule has 0 saturated heterocycles. The van der Waals surface area contributed by atoms with Crippen LogP contribution in [0, 0.1) is 0 Å². The van der Waals surface area contributed by atoms with Crippen molar-refractivity contribution in [3.63, 3.8) is 0 Å². The predicted molar refractivity (Wildman–Crippen MR) is 121 cm³/mol. The molecule has 5 aromatic carbocycles. The van der Waals surface area contributed by atoms with Gasteiger partial charge in [0.25, 0.3) is 0 Å². The second-order valence-electron chi connectivity index (χ2n) is 8.04. The van der Waals surface area contributed by atoms with Crippen molar-refractivity contribution in [1.82, 2.24) is 0 Å². The Bertz CT molecular complexity index is 1420. The van der Waals surface area contributed by atoms with Crippen molar-refractivity contribution in [2.24, 2.45) is 0 Å². The third kappa shape index (κ3) is 2.40. The maximum absolute atomic E-state index is 6.48. The first-order valence-electron chi connectivity index (χ1n) is 10.5. The van der Waals surface area contributed by atoms with Crippen LogP contribution in [0.5, 0.6) is 23.0 Å². The van der Waals surface area contributed by atoms with E-state index >= 15 is 0 Å². The summed E-state index contributed by atoms with van der Waals surface area (Å²) in [7, 11) is 0. The normalized spacial score (nSPS) is 14.3. The summed E-state index contributed by atoms with van der Waals surface area (Å²) in [6, 6.07) is 31.8. The van der Waals surface area contributed by atoms with Crippen LogP contribution in [0.1, 0.15) is 22.6 Å². The maximum Gasteiger partial charge on any atom is 0.231 e. The lowest BCUT2D eigenvalue weighted by Crippen LogP contribution is -2.13. The van der Waals surface area contributed by atoms with Gasteiger partial charge < -0.3 is 14.2 Å². The molecule has 0 spiro atoms. The fraction of sp³-hybridized carbons (Fsp3) is 0.0714. The van der Waals surface area contributed by atoms with Crippen LogP contribution in [0.3, 0.4) is 0 Å². The summed E-state index contributed by atoms with van der Waals surface area (Å²) >= 11 is 0. The molecule has 0 N–H and O–H groups in total. The highest BCUT2D eigenvalue weighted by molar-refractivity contribution is 5.95. The SMILES string of the molecule is c1ccc2c3c(ccc2c1)Oc1ccc2ccccc2c1C3c1ccc2c(c1)OCO2. The Balaban J connectivity index is 1.60. The van der Waals surface area contributed by atoms with Crippen LogP contribution in [0.4, 0.5) is 0 Å². The van der Waals surface area contributed by atoms with Gasteiger partial charge in [0.2, 0.25) is 6.79 Å². The van der Waals surface area contributed by atoms with E-state index in [2.05, 4.69) is 84.9 Å². The Morgan fingerprint density at radius 2 is 1.13 bits per heavy atom. The average Bonchev–Trinajstić information content (AvgIpc) is 3.30. The lowest BCUT2D eigenvalue weighted by atomic mass is 9.78. The highest BCUT2D eigenvalue weighted by Crippen LogP contribution is 2.53. The molecule has 0 unspecified atom stereocenters. The van der Waals surface area contributed by atoms with E-state index < -0.39 is 0 Å². The molecule has 3 heteroatoms. The fourth-order valence-corrected chi connectivity index (χ4v) is 5.01. The highest BCUT2D eigenvalue weighted by Gasteiger charge is 2.33. The average molecular weight is 402 g/mol. The van der Waals surface area contributed by atoms with Crippen LogP contribution in [0.15, 0.2) is 91.0 Å². The standard InChI is InChI=1S/C28H18O3/c1-3-7-20-17(5-1)9-13-23-27(20)26(19-11-12-22-25(15-19)30-16-29-22)28-21-8-4-2-6-18(21)10-14-24(28)31-23/h1-15,26H,16H2. The van der Waals surface area contributed by atoms with E-state index in [0.717, 1.165) is 23.0 Å². The molecule has 31 heavy (non-hydrogen) atoms.